The summed E-state index contributed by atoms with van der Waals surface area (Å²) < 4.78 is 5.46. The van der Waals surface area contributed by atoms with Crippen molar-refractivity contribution < 1.29 is 14.3 Å². The number of carbonyl (C=O) groups is 2. The van der Waals surface area contributed by atoms with Crippen molar-refractivity contribution in [2.24, 2.45) is 0 Å². The molecule has 0 spiro atoms. The largest absolute Gasteiger partial charge is 0.485 e. The first kappa shape index (κ1) is 13.6. The number of carbonyl (C=O) groups excluding carboxylic acids is 2. The van der Waals surface area contributed by atoms with E-state index in [1.54, 1.807) is 12.1 Å². The van der Waals surface area contributed by atoms with Crippen molar-refractivity contribution in [2.75, 3.05) is 12.5 Å². The fourth-order valence-corrected chi connectivity index (χ4v) is 2.04. The van der Waals surface area contributed by atoms with E-state index in [-0.39, 0.29) is 24.1 Å². The first-order valence-electron chi connectivity index (χ1n) is 5.86. The summed E-state index contributed by atoms with van der Waals surface area (Å²) in [5.41, 5.74) is 0.570. The molecule has 4 heteroatoms. The van der Waals surface area contributed by atoms with Crippen LogP contribution in [-0.4, -0.2) is 24.1 Å². The Morgan fingerprint density at radius 2 is 1.79 bits per heavy atom. The van der Waals surface area contributed by atoms with Crippen LogP contribution in [-0.2, 0) is 4.79 Å². The van der Waals surface area contributed by atoms with Crippen LogP contribution in [0.15, 0.2) is 36.4 Å². The number of rotatable bonds is 5. The lowest BCUT2D eigenvalue weighted by Crippen LogP contribution is -2.08. The number of benzene rings is 2. The van der Waals surface area contributed by atoms with Gasteiger partial charge in [-0.15, -0.1) is 11.6 Å². The van der Waals surface area contributed by atoms with E-state index in [0.717, 1.165) is 10.8 Å². The van der Waals surface area contributed by atoms with Gasteiger partial charge in [0.05, 0.1) is 5.88 Å². The highest BCUT2D eigenvalue weighted by atomic mass is 35.5. The molecule has 0 N–H and O–H groups in total. The highest BCUT2D eigenvalue weighted by Gasteiger charge is 2.12. The number of hydrogen-bond donors (Lipinski definition) is 0. The Labute approximate surface area is 116 Å². The number of ether oxygens (including phenoxy) is 1. The molecular weight excluding hydrogens is 264 g/mol. The fraction of sp³-hybridized carbons (Fsp3) is 0.200. The lowest BCUT2D eigenvalue weighted by atomic mass is 10.0. The molecule has 0 saturated heterocycles. The predicted molar refractivity (Wildman–Crippen MR) is 75.2 cm³/mol. The maximum Gasteiger partial charge on any atom is 0.178 e. The molecule has 2 aromatic rings. The molecular formula is C15H13ClO3. The lowest BCUT2D eigenvalue weighted by molar-refractivity contribution is -0.118. The zero-order chi connectivity index (χ0) is 13.8. The summed E-state index contributed by atoms with van der Waals surface area (Å²) in [6.45, 7) is 1.49. The van der Waals surface area contributed by atoms with Crippen molar-refractivity contribution in [3.63, 3.8) is 0 Å². The molecule has 0 bridgehead atoms. The molecule has 98 valence electrons. The number of Topliss-reactive ketones (excluding diaryl/α,β-unsaturated/α-hetero) is 2. The second-order valence-electron chi connectivity index (χ2n) is 4.20. The summed E-state index contributed by atoms with van der Waals surface area (Å²) in [4.78, 5) is 22.8. The molecule has 0 aliphatic heterocycles. The number of alkyl halides is 1. The minimum absolute atomic E-state index is 0.0206. The summed E-state index contributed by atoms with van der Waals surface area (Å²) in [5, 5.41) is 1.59. The molecule has 0 fully saturated rings. The minimum Gasteiger partial charge on any atom is -0.485 e. The normalized spacial score (nSPS) is 10.4. The summed E-state index contributed by atoms with van der Waals surface area (Å²) in [5.74, 6) is 0.357. The number of halogens is 1. The van der Waals surface area contributed by atoms with Crippen LogP contribution in [0.25, 0.3) is 10.8 Å². The van der Waals surface area contributed by atoms with Crippen LogP contribution in [0.5, 0.6) is 5.75 Å². The van der Waals surface area contributed by atoms with Crippen LogP contribution >= 0.6 is 11.6 Å². The Bertz CT molecular complexity index is 634. The van der Waals surface area contributed by atoms with Crippen LogP contribution in [0.2, 0.25) is 0 Å². The average Bonchev–Trinajstić information content (AvgIpc) is 2.43. The fourth-order valence-electron chi connectivity index (χ4n) is 1.89. The summed E-state index contributed by atoms with van der Waals surface area (Å²) in [6, 6.07) is 10.8. The van der Waals surface area contributed by atoms with Crippen molar-refractivity contribution in [1.82, 2.24) is 0 Å². The van der Waals surface area contributed by atoms with E-state index in [0.29, 0.717) is 11.3 Å². The Morgan fingerprint density at radius 3 is 2.42 bits per heavy atom. The van der Waals surface area contributed by atoms with Crippen LogP contribution in [0.4, 0.5) is 0 Å². The average molecular weight is 277 g/mol. The lowest BCUT2D eigenvalue weighted by Gasteiger charge is -2.10. The smallest absolute Gasteiger partial charge is 0.178 e. The van der Waals surface area contributed by atoms with Gasteiger partial charge in [0.1, 0.15) is 12.4 Å². The van der Waals surface area contributed by atoms with E-state index in [9.17, 15) is 9.59 Å². The number of fused-ring (bicyclic) bond motifs is 1. The third-order valence-electron chi connectivity index (χ3n) is 2.74. The Kier molecular flexibility index (Phi) is 4.17. The first-order chi connectivity index (χ1) is 9.13. The van der Waals surface area contributed by atoms with E-state index in [1.807, 2.05) is 24.3 Å². The van der Waals surface area contributed by atoms with Gasteiger partial charge >= 0.3 is 0 Å². The van der Waals surface area contributed by atoms with E-state index in [2.05, 4.69) is 0 Å². The van der Waals surface area contributed by atoms with Crippen LogP contribution < -0.4 is 4.74 Å². The monoisotopic (exact) mass is 276 g/mol. The van der Waals surface area contributed by atoms with Gasteiger partial charge in [0.2, 0.25) is 0 Å². The zero-order valence-corrected chi connectivity index (χ0v) is 11.2. The summed E-state index contributed by atoms with van der Waals surface area (Å²) >= 11 is 5.60. The standard InChI is InChI=1S/C15H13ClO3/c1-10(17)9-19-15-7-6-12(14(18)8-16)11-4-2-3-5-13(11)15/h2-7H,8-9H2,1H3. The molecule has 0 aliphatic carbocycles. The molecule has 2 rings (SSSR count). The number of hydrogen-bond acceptors (Lipinski definition) is 3. The van der Waals surface area contributed by atoms with Crippen molar-refractivity contribution in [2.45, 2.75) is 6.92 Å². The molecule has 0 amide bonds. The van der Waals surface area contributed by atoms with Gasteiger partial charge < -0.3 is 4.74 Å². The van der Waals surface area contributed by atoms with Crippen LogP contribution in [0.1, 0.15) is 17.3 Å². The molecule has 0 saturated carbocycles. The Morgan fingerprint density at radius 1 is 1.11 bits per heavy atom. The van der Waals surface area contributed by atoms with E-state index < -0.39 is 0 Å². The molecule has 3 nitrogen and oxygen atoms in total. The van der Waals surface area contributed by atoms with Gasteiger partial charge in [-0.3, -0.25) is 9.59 Å². The zero-order valence-electron chi connectivity index (χ0n) is 10.5. The van der Waals surface area contributed by atoms with Gasteiger partial charge in [0.25, 0.3) is 0 Å². The van der Waals surface area contributed by atoms with E-state index >= 15 is 0 Å². The Hall–Kier alpha value is -1.87. The maximum absolute atomic E-state index is 11.8. The Balaban J connectivity index is 2.51. The van der Waals surface area contributed by atoms with E-state index in [1.165, 1.54) is 6.92 Å². The second kappa shape index (κ2) is 5.85. The SMILES string of the molecule is CC(=O)COc1ccc(C(=O)CCl)c2ccccc12. The molecule has 0 unspecified atom stereocenters. The third-order valence-corrected chi connectivity index (χ3v) is 2.98. The third kappa shape index (κ3) is 2.93. The van der Waals surface area contributed by atoms with Crippen molar-refractivity contribution >= 4 is 33.9 Å². The van der Waals surface area contributed by atoms with Crippen molar-refractivity contribution in [3.05, 3.63) is 42.0 Å². The molecule has 0 aliphatic rings. The molecule has 0 heterocycles. The van der Waals surface area contributed by atoms with Crippen molar-refractivity contribution in [3.8, 4) is 5.75 Å². The highest BCUT2D eigenvalue weighted by Crippen LogP contribution is 2.29. The van der Waals surface area contributed by atoms with Gasteiger partial charge in [-0.25, -0.2) is 0 Å². The minimum atomic E-state index is -0.129. The molecule has 0 aromatic heterocycles. The van der Waals surface area contributed by atoms with Gasteiger partial charge in [-0.2, -0.15) is 0 Å². The molecule has 19 heavy (non-hydrogen) atoms. The number of ketones is 2. The van der Waals surface area contributed by atoms with Crippen molar-refractivity contribution in [1.29, 1.82) is 0 Å². The van der Waals surface area contributed by atoms with Gasteiger partial charge in [0, 0.05) is 10.9 Å². The first-order valence-corrected chi connectivity index (χ1v) is 6.40. The summed E-state index contributed by atoms with van der Waals surface area (Å²) in [7, 11) is 0. The van der Waals surface area contributed by atoms with E-state index in [4.69, 9.17) is 16.3 Å². The summed E-state index contributed by atoms with van der Waals surface area (Å²) in [6.07, 6.45) is 0. The van der Waals surface area contributed by atoms with Crippen LogP contribution in [0.3, 0.4) is 0 Å². The van der Waals surface area contributed by atoms with Gasteiger partial charge in [-0.1, -0.05) is 24.3 Å². The predicted octanol–water partition coefficient (Wildman–Crippen LogP) is 3.23. The second-order valence-corrected chi connectivity index (χ2v) is 4.47. The molecule has 2 aromatic carbocycles. The molecule has 0 atom stereocenters. The maximum atomic E-state index is 11.8. The van der Waals surface area contributed by atoms with Gasteiger partial charge in [-0.05, 0) is 24.4 Å². The topological polar surface area (TPSA) is 43.4 Å². The van der Waals surface area contributed by atoms with Gasteiger partial charge in [0.15, 0.2) is 11.6 Å². The highest BCUT2D eigenvalue weighted by molar-refractivity contribution is 6.32. The quantitative estimate of drug-likeness (QED) is 0.622. The van der Waals surface area contributed by atoms with Crippen LogP contribution in [0, 0.1) is 0 Å². The molecule has 0 radical (unpaired) electrons.